The molecule has 0 radical (unpaired) electrons. The van der Waals surface area contributed by atoms with Crippen LogP contribution in [0.1, 0.15) is 29.5 Å². The standard InChI is InChI=1S/C12H15N5O/c1-2-3-10-15-4-5-17(10)12-9(11(14)18)6-8(13)7-16-12/h4-7H,2-3,13H2,1H3,(H2,14,18). The molecule has 6 heteroatoms. The summed E-state index contributed by atoms with van der Waals surface area (Å²) in [6.45, 7) is 2.06. The molecule has 0 saturated heterocycles. The zero-order chi connectivity index (χ0) is 13.1. The van der Waals surface area contributed by atoms with Crippen molar-refractivity contribution in [2.24, 2.45) is 5.73 Å². The molecule has 0 aliphatic carbocycles. The van der Waals surface area contributed by atoms with Gasteiger partial charge in [-0.1, -0.05) is 6.92 Å². The van der Waals surface area contributed by atoms with Crippen molar-refractivity contribution in [1.82, 2.24) is 14.5 Å². The zero-order valence-electron chi connectivity index (χ0n) is 10.1. The molecule has 2 heterocycles. The van der Waals surface area contributed by atoms with Gasteiger partial charge in [0.15, 0.2) is 5.82 Å². The highest BCUT2D eigenvalue weighted by Gasteiger charge is 2.14. The third-order valence-corrected chi connectivity index (χ3v) is 2.57. The minimum Gasteiger partial charge on any atom is -0.397 e. The molecule has 0 saturated carbocycles. The summed E-state index contributed by atoms with van der Waals surface area (Å²) in [6.07, 6.45) is 6.69. The van der Waals surface area contributed by atoms with Crippen LogP contribution < -0.4 is 11.5 Å². The van der Waals surface area contributed by atoms with E-state index in [0.29, 0.717) is 17.1 Å². The van der Waals surface area contributed by atoms with Crippen LogP contribution in [-0.2, 0) is 6.42 Å². The van der Waals surface area contributed by atoms with Gasteiger partial charge in [-0.3, -0.25) is 9.36 Å². The molecule has 0 spiro atoms. The minimum atomic E-state index is -0.555. The van der Waals surface area contributed by atoms with Crippen molar-refractivity contribution in [3.05, 3.63) is 36.0 Å². The molecule has 0 bridgehead atoms. The third kappa shape index (κ3) is 2.17. The van der Waals surface area contributed by atoms with E-state index >= 15 is 0 Å². The van der Waals surface area contributed by atoms with E-state index in [-0.39, 0.29) is 0 Å². The van der Waals surface area contributed by atoms with E-state index in [2.05, 4.69) is 16.9 Å². The van der Waals surface area contributed by atoms with E-state index < -0.39 is 5.91 Å². The molecule has 94 valence electrons. The number of aromatic nitrogens is 3. The van der Waals surface area contributed by atoms with E-state index in [1.807, 2.05) is 0 Å². The highest BCUT2D eigenvalue weighted by molar-refractivity contribution is 5.96. The Morgan fingerprint density at radius 2 is 2.22 bits per heavy atom. The lowest BCUT2D eigenvalue weighted by Crippen LogP contribution is -2.17. The first-order chi connectivity index (χ1) is 8.63. The first-order valence-electron chi connectivity index (χ1n) is 5.71. The minimum absolute atomic E-state index is 0.297. The summed E-state index contributed by atoms with van der Waals surface area (Å²) in [5.41, 5.74) is 11.7. The number of imidazole rings is 1. The highest BCUT2D eigenvalue weighted by atomic mass is 16.1. The maximum Gasteiger partial charge on any atom is 0.252 e. The van der Waals surface area contributed by atoms with Crippen LogP contribution in [0.15, 0.2) is 24.7 Å². The summed E-state index contributed by atoms with van der Waals surface area (Å²) < 4.78 is 1.77. The van der Waals surface area contributed by atoms with Crippen LogP contribution in [0.2, 0.25) is 0 Å². The van der Waals surface area contributed by atoms with Crippen LogP contribution >= 0.6 is 0 Å². The molecule has 0 aromatic carbocycles. The highest BCUT2D eigenvalue weighted by Crippen LogP contribution is 2.16. The van der Waals surface area contributed by atoms with Gasteiger partial charge in [-0.15, -0.1) is 0 Å². The lowest BCUT2D eigenvalue weighted by atomic mass is 10.2. The molecule has 18 heavy (non-hydrogen) atoms. The fourth-order valence-electron chi connectivity index (χ4n) is 1.78. The van der Waals surface area contributed by atoms with Gasteiger partial charge < -0.3 is 11.5 Å². The van der Waals surface area contributed by atoms with Crippen molar-refractivity contribution in [1.29, 1.82) is 0 Å². The normalized spacial score (nSPS) is 10.5. The summed E-state index contributed by atoms with van der Waals surface area (Å²) in [7, 11) is 0. The number of nitrogen functional groups attached to an aromatic ring is 1. The van der Waals surface area contributed by atoms with Crippen LogP contribution in [0.3, 0.4) is 0 Å². The van der Waals surface area contributed by atoms with Gasteiger partial charge >= 0.3 is 0 Å². The van der Waals surface area contributed by atoms with Crippen LogP contribution in [0.4, 0.5) is 5.69 Å². The van der Waals surface area contributed by atoms with Crippen molar-refractivity contribution >= 4 is 11.6 Å². The second kappa shape index (κ2) is 4.87. The van der Waals surface area contributed by atoms with Crippen LogP contribution in [0.25, 0.3) is 5.82 Å². The third-order valence-electron chi connectivity index (χ3n) is 2.57. The van der Waals surface area contributed by atoms with Crippen molar-refractivity contribution in [3.8, 4) is 5.82 Å². The van der Waals surface area contributed by atoms with Gasteiger partial charge in [0.2, 0.25) is 0 Å². The fourth-order valence-corrected chi connectivity index (χ4v) is 1.78. The SMILES string of the molecule is CCCc1nccn1-c1ncc(N)cc1C(N)=O. The summed E-state index contributed by atoms with van der Waals surface area (Å²) in [5.74, 6) is 0.760. The fraction of sp³-hybridized carbons (Fsp3) is 0.250. The monoisotopic (exact) mass is 245 g/mol. The first-order valence-corrected chi connectivity index (χ1v) is 5.71. The first kappa shape index (κ1) is 12.1. The lowest BCUT2D eigenvalue weighted by molar-refractivity contribution is 0.1000. The quantitative estimate of drug-likeness (QED) is 0.835. The van der Waals surface area contributed by atoms with Gasteiger partial charge in [0.25, 0.3) is 5.91 Å². The number of carbonyl (C=O) groups excluding carboxylic acids is 1. The maximum atomic E-state index is 11.4. The summed E-state index contributed by atoms with van der Waals surface area (Å²) >= 11 is 0. The number of primary amides is 1. The van der Waals surface area contributed by atoms with Gasteiger partial charge in [-0.2, -0.15) is 0 Å². The number of hydrogen-bond acceptors (Lipinski definition) is 4. The molecular weight excluding hydrogens is 230 g/mol. The molecule has 0 unspecified atom stereocenters. The molecule has 1 amide bonds. The van der Waals surface area contributed by atoms with Crippen molar-refractivity contribution < 1.29 is 4.79 Å². The van der Waals surface area contributed by atoms with Crippen LogP contribution in [-0.4, -0.2) is 20.4 Å². The summed E-state index contributed by atoms with van der Waals surface area (Å²) in [4.78, 5) is 19.9. The Balaban J connectivity index is 2.56. The number of nitrogens with zero attached hydrogens (tertiary/aromatic N) is 3. The van der Waals surface area contributed by atoms with E-state index in [1.54, 1.807) is 17.0 Å². The molecule has 0 aliphatic heterocycles. The molecule has 2 aromatic rings. The molecular formula is C12H15N5O. The average Bonchev–Trinajstić information content (AvgIpc) is 2.77. The van der Waals surface area contributed by atoms with Gasteiger partial charge in [0.1, 0.15) is 5.82 Å². The Labute approximate surface area is 105 Å². The number of nitrogens with two attached hydrogens (primary N) is 2. The molecule has 6 nitrogen and oxygen atoms in total. The number of pyridine rings is 1. The van der Waals surface area contributed by atoms with Gasteiger partial charge in [-0.25, -0.2) is 9.97 Å². The van der Waals surface area contributed by atoms with Crippen molar-refractivity contribution in [2.75, 3.05) is 5.73 Å². The Bertz CT molecular complexity index is 576. The molecule has 2 aromatic heterocycles. The maximum absolute atomic E-state index is 11.4. The Morgan fingerprint density at radius 3 is 2.89 bits per heavy atom. The Hall–Kier alpha value is -2.37. The largest absolute Gasteiger partial charge is 0.397 e. The van der Waals surface area contributed by atoms with Gasteiger partial charge in [0.05, 0.1) is 17.4 Å². The zero-order valence-corrected chi connectivity index (χ0v) is 10.1. The number of anilines is 1. The smallest absolute Gasteiger partial charge is 0.252 e. The summed E-state index contributed by atoms with van der Waals surface area (Å²) in [6, 6.07) is 1.53. The Morgan fingerprint density at radius 1 is 1.44 bits per heavy atom. The predicted octanol–water partition coefficient (Wildman–Crippen LogP) is 0.901. The summed E-state index contributed by atoms with van der Waals surface area (Å²) in [5, 5.41) is 0. The molecule has 0 fully saturated rings. The second-order valence-electron chi connectivity index (χ2n) is 3.97. The number of carbonyl (C=O) groups is 1. The number of aryl methyl sites for hydroxylation is 1. The second-order valence-corrected chi connectivity index (χ2v) is 3.97. The topological polar surface area (TPSA) is 99.8 Å². The number of hydrogen-bond donors (Lipinski definition) is 2. The van der Waals surface area contributed by atoms with E-state index in [0.717, 1.165) is 18.7 Å². The van der Waals surface area contributed by atoms with Crippen LogP contribution in [0.5, 0.6) is 0 Å². The number of rotatable bonds is 4. The molecule has 0 atom stereocenters. The van der Waals surface area contributed by atoms with Crippen LogP contribution in [0, 0.1) is 0 Å². The molecule has 4 N–H and O–H groups in total. The van der Waals surface area contributed by atoms with Gasteiger partial charge in [0, 0.05) is 18.8 Å². The van der Waals surface area contributed by atoms with Crippen molar-refractivity contribution in [3.63, 3.8) is 0 Å². The van der Waals surface area contributed by atoms with E-state index in [4.69, 9.17) is 11.5 Å². The average molecular weight is 245 g/mol. The molecule has 2 rings (SSSR count). The Kier molecular flexibility index (Phi) is 3.27. The molecule has 0 aliphatic rings. The van der Waals surface area contributed by atoms with E-state index in [1.165, 1.54) is 12.3 Å². The lowest BCUT2D eigenvalue weighted by Gasteiger charge is -2.10. The van der Waals surface area contributed by atoms with E-state index in [9.17, 15) is 4.79 Å². The number of amides is 1. The van der Waals surface area contributed by atoms with Gasteiger partial charge in [-0.05, 0) is 12.5 Å². The van der Waals surface area contributed by atoms with Crippen molar-refractivity contribution in [2.45, 2.75) is 19.8 Å². The predicted molar refractivity (Wildman–Crippen MR) is 68.3 cm³/mol.